The Morgan fingerprint density at radius 3 is 2.86 bits per heavy atom. The van der Waals surface area contributed by atoms with E-state index in [1.807, 2.05) is 36.4 Å². The molecule has 1 aromatic rings. The minimum Gasteiger partial charge on any atom is -0.472 e. The molecule has 0 aliphatic carbocycles. The molecule has 0 saturated carbocycles. The van der Waals surface area contributed by atoms with E-state index in [0.29, 0.717) is 12.2 Å². The fourth-order valence-corrected chi connectivity index (χ4v) is 2.65. The first-order valence-corrected chi connectivity index (χ1v) is 7.59. The van der Waals surface area contributed by atoms with Crippen LogP contribution in [0.1, 0.15) is 31.7 Å². The largest absolute Gasteiger partial charge is 0.472 e. The van der Waals surface area contributed by atoms with E-state index < -0.39 is 12.0 Å². The highest BCUT2D eigenvalue weighted by Gasteiger charge is 2.54. The minimum absolute atomic E-state index is 0.0634. The number of β-lactam (4-membered cyclic amide) rings is 1. The number of hydrogen-bond acceptors (Lipinski definition) is 4. The second-order valence-electron chi connectivity index (χ2n) is 5.47. The second-order valence-corrected chi connectivity index (χ2v) is 5.47. The Labute approximate surface area is 129 Å². The summed E-state index contributed by atoms with van der Waals surface area (Å²) < 4.78 is 11.1. The molecule has 1 amide bonds. The Balaban J connectivity index is 1.69. The zero-order valence-electron chi connectivity index (χ0n) is 12.5. The maximum atomic E-state index is 12.4. The fraction of sp³-hybridized carbons (Fsp3) is 0.412. The lowest BCUT2D eigenvalue weighted by Gasteiger charge is -2.33. The van der Waals surface area contributed by atoms with Crippen LogP contribution in [-0.4, -0.2) is 29.0 Å². The number of hydrogen-bond donors (Lipinski definition) is 0. The van der Waals surface area contributed by atoms with Crippen LogP contribution in [0.25, 0.3) is 0 Å². The number of amides is 1. The molecule has 3 rings (SSSR count). The summed E-state index contributed by atoms with van der Waals surface area (Å²) in [6, 6.07) is 8.76. The molecule has 22 heavy (non-hydrogen) atoms. The third kappa shape index (κ3) is 2.71. The van der Waals surface area contributed by atoms with E-state index in [-0.39, 0.29) is 18.7 Å². The molecule has 5 nitrogen and oxygen atoms in total. The molecule has 0 N–H and O–H groups in total. The molecule has 2 saturated heterocycles. The van der Waals surface area contributed by atoms with Gasteiger partial charge in [0.25, 0.3) is 0 Å². The highest BCUT2D eigenvalue weighted by atomic mass is 16.6. The first kappa shape index (κ1) is 14.6. The average molecular weight is 301 g/mol. The fourth-order valence-electron chi connectivity index (χ4n) is 2.65. The van der Waals surface area contributed by atoms with Crippen LogP contribution < -0.4 is 0 Å². The van der Waals surface area contributed by atoms with Crippen LogP contribution in [0.4, 0.5) is 0 Å². The normalized spacial score (nSPS) is 24.7. The van der Waals surface area contributed by atoms with Crippen LogP contribution in [0.5, 0.6) is 0 Å². The number of nitrogens with zero attached hydrogens (tertiary/aromatic N) is 1. The number of carbonyl (C=O) groups excluding carboxylic acids is 2. The van der Waals surface area contributed by atoms with Crippen LogP contribution in [0.15, 0.2) is 42.2 Å². The van der Waals surface area contributed by atoms with Crippen molar-refractivity contribution < 1.29 is 19.1 Å². The quantitative estimate of drug-likeness (QED) is 0.619. The van der Waals surface area contributed by atoms with Gasteiger partial charge >= 0.3 is 5.97 Å². The van der Waals surface area contributed by atoms with Gasteiger partial charge in [-0.15, -0.1) is 0 Å². The van der Waals surface area contributed by atoms with Gasteiger partial charge in [0.1, 0.15) is 12.4 Å². The maximum absolute atomic E-state index is 12.4. The van der Waals surface area contributed by atoms with Crippen LogP contribution in [0.3, 0.4) is 0 Å². The molecule has 0 radical (unpaired) electrons. The maximum Gasteiger partial charge on any atom is 0.337 e. The summed E-state index contributed by atoms with van der Waals surface area (Å²) in [5, 5.41) is 0. The Morgan fingerprint density at radius 2 is 2.18 bits per heavy atom. The topological polar surface area (TPSA) is 55.8 Å². The van der Waals surface area contributed by atoms with Crippen LogP contribution in [0.2, 0.25) is 0 Å². The molecule has 2 aliphatic rings. The molecule has 2 fully saturated rings. The third-order valence-corrected chi connectivity index (χ3v) is 3.85. The second kappa shape index (κ2) is 6.22. The predicted octanol–water partition coefficient (Wildman–Crippen LogP) is 2.37. The lowest BCUT2D eigenvalue weighted by atomic mass is 10.1. The zero-order chi connectivity index (χ0) is 15.5. The van der Waals surface area contributed by atoms with E-state index in [4.69, 9.17) is 9.47 Å². The molecule has 2 heterocycles. The van der Waals surface area contributed by atoms with Crippen LogP contribution in [0, 0.1) is 0 Å². The number of benzene rings is 1. The van der Waals surface area contributed by atoms with E-state index in [2.05, 4.69) is 6.92 Å². The molecular formula is C17H19NO4. The van der Waals surface area contributed by atoms with Gasteiger partial charge in [-0.05, 0) is 18.1 Å². The van der Waals surface area contributed by atoms with Crippen LogP contribution in [-0.2, 0) is 25.7 Å². The first-order chi connectivity index (χ1) is 10.7. The van der Waals surface area contributed by atoms with Crippen molar-refractivity contribution in [1.29, 1.82) is 0 Å². The van der Waals surface area contributed by atoms with Gasteiger partial charge in [0, 0.05) is 0 Å². The summed E-state index contributed by atoms with van der Waals surface area (Å²) in [5.41, 5.74) is 0.917. The molecule has 0 bridgehead atoms. The molecule has 0 spiro atoms. The molecule has 116 valence electrons. The van der Waals surface area contributed by atoms with E-state index >= 15 is 0 Å². The van der Waals surface area contributed by atoms with Gasteiger partial charge in [-0.3, -0.25) is 9.69 Å². The van der Waals surface area contributed by atoms with Crippen molar-refractivity contribution in [3.63, 3.8) is 0 Å². The Morgan fingerprint density at radius 1 is 1.41 bits per heavy atom. The summed E-state index contributed by atoms with van der Waals surface area (Å²) in [7, 11) is 0. The predicted molar refractivity (Wildman–Crippen MR) is 79.4 cm³/mol. The number of fused-ring (bicyclic) bond motifs is 1. The molecule has 5 heteroatoms. The van der Waals surface area contributed by atoms with Crippen molar-refractivity contribution in [1.82, 2.24) is 4.90 Å². The number of rotatable bonds is 5. The van der Waals surface area contributed by atoms with Crippen LogP contribution >= 0.6 is 0 Å². The van der Waals surface area contributed by atoms with Crippen molar-refractivity contribution in [2.75, 3.05) is 0 Å². The highest BCUT2D eigenvalue weighted by molar-refractivity contribution is 5.91. The number of ether oxygens (including phenoxy) is 2. The minimum atomic E-state index is -0.721. The molecule has 0 aromatic heterocycles. The lowest BCUT2D eigenvalue weighted by Crippen LogP contribution is -2.55. The molecule has 2 atom stereocenters. The third-order valence-electron chi connectivity index (χ3n) is 3.85. The van der Waals surface area contributed by atoms with E-state index in [1.165, 1.54) is 4.90 Å². The van der Waals surface area contributed by atoms with Crippen molar-refractivity contribution in [3.8, 4) is 0 Å². The van der Waals surface area contributed by atoms with Crippen molar-refractivity contribution in [2.24, 2.45) is 0 Å². The van der Waals surface area contributed by atoms with Gasteiger partial charge in [-0.2, -0.15) is 0 Å². The van der Waals surface area contributed by atoms with Gasteiger partial charge in [0.15, 0.2) is 12.3 Å². The molecule has 1 aromatic carbocycles. The number of esters is 1. The molecule has 0 unspecified atom stereocenters. The number of carbonyl (C=O) groups is 2. The van der Waals surface area contributed by atoms with Gasteiger partial charge in [0.2, 0.25) is 5.91 Å². The molecule has 2 aliphatic heterocycles. The van der Waals surface area contributed by atoms with Gasteiger partial charge in [-0.25, -0.2) is 4.79 Å². The Bertz CT molecular complexity index is 596. The van der Waals surface area contributed by atoms with Gasteiger partial charge in [0.05, 0.1) is 6.42 Å². The monoisotopic (exact) mass is 301 g/mol. The van der Waals surface area contributed by atoms with E-state index in [9.17, 15) is 9.59 Å². The van der Waals surface area contributed by atoms with E-state index in [1.54, 1.807) is 0 Å². The summed E-state index contributed by atoms with van der Waals surface area (Å²) in [4.78, 5) is 25.6. The summed E-state index contributed by atoms with van der Waals surface area (Å²) >= 11 is 0. The van der Waals surface area contributed by atoms with E-state index in [0.717, 1.165) is 18.4 Å². The number of allylic oxidation sites excluding steroid dienone is 1. The SMILES string of the molecule is CCCC=C1O[C@@H]2CC(=O)N2[C@H]1C(=O)OCc1ccccc1. The van der Waals surface area contributed by atoms with Crippen molar-refractivity contribution in [2.45, 2.75) is 45.1 Å². The first-order valence-electron chi connectivity index (χ1n) is 7.59. The lowest BCUT2D eigenvalue weighted by molar-refractivity contribution is -0.166. The van der Waals surface area contributed by atoms with Crippen molar-refractivity contribution >= 4 is 11.9 Å². The number of unbranched alkanes of at least 4 members (excludes halogenated alkanes) is 1. The molecular weight excluding hydrogens is 282 g/mol. The Kier molecular flexibility index (Phi) is 4.13. The zero-order valence-corrected chi connectivity index (χ0v) is 12.5. The highest BCUT2D eigenvalue weighted by Crippen LogP contribution is 2.37. The summed E-state index contributed by atoms with van der Waals surface area (Å²) in [5.74, 6) is 0.0593. The van der Waals surface area contributed by atoms with Crippen molar-refractivity contribution in [3.05, 3.63) is 47.7 Å². The average Bonchev–Trinajstić information content (AvgIpc) is 2.83. The van der Waals surface area contributed by atoms with Gasteiger partial charge in [-0.1, -0.05) is 43.7 Å². The smallest absolute Gasteiger partial charge is 0.337 e. The summed E-state index contributed by atoms with van der Waals surface area (Å²) in [6.07, 6.45) is 3.69. The summed E-state index contributed by atoms with van der Waals surface area (Å²) in [6.45, 7) is 2.25. The standard InChI is InChI=1S/C17H19NO4/c1-2-3-9-13-16(18-14(19)10-15(18)22-13)17(20)21-11-12-7-5-4-6-8-12/h4-9,15-16H,2-3,10-11H2,1H3/t15-,16-/m1/s1. The van der Waals surface area contributed by atoms with Gasteiger partial charge < -0.3 is 9.47 Å². The Hall–Kier alpha value is -2.30.